The van der Waals surface area contributed by atoms with E-state index in [0.717, 1.165) is 44.5 Å². The molecule has 19 heavy (non-hydrogen) atoms. The Bertz CT molecular complexity index is 460. The molecule has 3 rings (SSSR count). The summed E-state index contributed by atoms with van der Waals surface area (Å²) in [4.78, 5) is 14.3. The van der Waals surface area contributed by atoms with Crippen LogP contribution in [0.4, 0.5) is 4.39 Å². The topological polar surface area (TPSA) is 32.3 Å². The Morgan fingerprint density at radius 3 is 2.79 bits per heavy atom. The molecule has 1 N–H and O–H groups in total. The molecular formula is C15H19FN2O. The van der Waals surface area contributed by atoms with Crippen LogP contribution in [0.1, 0.15) is 24.8 Å². The zero-order valence-electron chi connectivity index (χ0n) is 10.9. The first-order chi connectivity index (χ1) is 9.20. The van der Waals surface area contributed by atoms with Crippen molar-refractivity contribution < 1.29 is 9.18 Å². The first-order valence-corrected chi connectivity index (χ1v) is 6.98. The van der Waals surface area contributed by atoms with Crippen molar-refractivity contribution in [3.05, 3.63) is 35.6 Å². The number of carbonyl (C=O) groups excluding carboxylic acids is 1. The van der Waals surface area contributed by atoms with Gasteiger partial charge in [0.2, 0.25) is 5.91 Å². The fourth-order valence-electron chi connectivity index (χ4n) is 3.12. The van der Waals surface area contributed by atoms with Gasteiger partial charge < -0.3 is 5.32 Å². The van der Waals surface area contributed by atoms with Gasteiger partial charge in [-0.3, -0.25) is 9.69 Å². The molecule has 2 saturated heterocycles. The predicted octanol–water partition coefficient (Wildman–Crippen LogP) is 1.93. The van der Waals surface area contributed by atoms with E-state index in [1.54, 1.807) is 0 Å². The quantitative estimate of drug-likeness (QED) is 0.883. The normalized spacial score (nSPS) is 27.7. The third-order valence-corrected chi connectivity index (χ3v) is 4.10. The maximum Gasteiger partial charge on any atom is 0.224 e. The van der Waals surface area contributed by atoms with E-state index in [1.807, 2.05) is 12.1 Å². The molecule has 102 valence electrons. The van der Waals surface area contributed by atoms with Gasteiger partial charge in [-0.1, -0.05) is 18.6 Å². The molecule has 1 aromatic carbocycles. The van der Waals surface area contributed by atoms with E-state index in [2.05, 4.69) is 10.2 Å². The molecule has 0 saturated carbocycles. The zero-order chi connectivity index (χ0) is 13.2. The first kappa shape index (κ1) is 12.6. The summed E-state index contributed by atoms with van der Waals surface area (Å²) in [5.41, 5.74) is 1.11. The number of carbonyl (C=O) groups is 1. The van der Waals surface area contributed by atoms with E-state index >= 15 is 0 Å². The Balaban J connectivity index is 1.71. The predicted molar refractivity (Wildman–Crippen MR) is 70.9 cm³/mol. The summed E-state index contributed by atoms with van der Waals surface area (Å²) in [5, 5.41) is 3.13. The molecule has 3 nitrogen and oxygen atoms in total. The third-order valence-electron chi connectivity index (χ3n) is 4.10. The summed E-state index contributed by atoms with van der Waals surface area (Å²) < 4.78 is 12.9. The fourth-order valence-corrected chi connectivity index (χ4v) is 3.12. The number of benzene rings is 1. The van der Waals surface area contributed by atoms with E-state index in [4.69, 9.17) is 0 Å². The van der Waals surface area contributed by atoms with E-state index in [1.165, 1.54) is 12.1 Å². The van der Waals surface area contributed by atoms with Crippen LogP contribution in [0.25, 0.3) is 0 Å². The molecule has 2 unspecified atom stereocenters. The second-order valence-electron chi connectivity index (χ2n) is 5.65. The van der Waals surface area contributed by atoms with Gasteiger partial charge in [0.05, 0.1) is 5.92 Å². The maximum atomic E-state index is 12.9. The van der Waals surface area contributed by atoms with Gasteiger partial charge in [0.1, 0.15) is 5.82 Å². The van der Waals surface area contributed by atoms with Crippen LogP contribution in [-0.2, 0) is 11.3 Å². The summed E-state index contributed by atoms with van der Waals surface area (Å²) in [6.07, 6.45) is 3.20. The second-order valence-corrected chi connectivity index (χ2v) is 5.65. The molecule has 0 radical (unpaired) electrons. The Labute approximate surface area is 112 Å². The third kappa shape index (κ3) is 2.95. The van der Waals surface area contributed by atoms with Gasteiger partial charge in [0.25, 0.3) is 0 Å². The maximum absolute atomic E-state index is 12.9. The van der Waals surface area contributed by atoms with Crippen molar-refractivity contribution in [1.29, 1.82) is 0 Å². The van der Waals surface area contributed by atoms with Gasteiger partial charge in [-0.15, -0.1) is 0 Å². The summed E-state index contributed by atoms with van der Waals surface area (Å²) >= 11 is 0. The number of fused-ring (bicyclic) bond motifs is 3. The molecule has 4 heteroatoms. The van der Waals surface area contributed by atoms with Crippen molar-refractivity contribution in [2.24, 2.45) is 5.92 Å². The van der Waals surface area contributed by atoms with Crippen LogP contribution in [-0.4, -0.2) is 29.9 Å². The lowest BCUT2D eigenvalue weighted by atomic mass is 9.99. The highest BCUT2D eigenvalue weighted by atomic mass is 19.1. The van der Waals surface area contributed by atoms with Crippen molar-refractivity contribution in [2.45, 2.75) is 31.8 Å². The summed E-state index contributed by atoms with van der Waals surface area (Å²) in [6, 6.07) is 6.92. The van der Waals surface area contributed by atoms with Crippen molar-refractivity contribution in [2.75, 3.05) is 13.1 Å². The highest BCUT2D eigenvalue weighted by Gasteiger charge is 2.32. The minimum atomic E-state index is -0.201. The first-order valence-electron chi connectivity index (χ1n) is 6.98. The van der Waals surface area contributed by atoms with Crippen LogP contribution in [0.3, 0.4) is 0 Å². The largest absolute Gasteiger partial charge is 0.352 e. The van der Waals surface area contributed by atoms with Gasteiger partial charge >= 0.3 is 0 Å². The summed E-state index contributed by atoms with van der Waals surface area (Å²) in [7, 11) is 0. The number of nitrogens with zero attached hydrogens (tertiary/aromatic N) is 1. The molecule has 1 aromatic rings. The molecule has 2 heterocycles. The van der Waals surface area contributed by atoms with Crippen molar-refractivity contribution >= 4 is 5.91 Å². The molecular weight excluding hydrogens is 243 g/mol. The molecule has 1 amide bonds. The minimum absolute atomic E-state index is 0.118. The standard InChI is InChI=1S/C15H19FN2O/c16-13-6-4-11(5-7-13)8-18-9-12-2-1-3-14(10-18)17-15(12)19/h4-7,12,14H,1-3,8-10H2,(H,17,19). The minimum Gasteiger partial charge on any atom is -0.352 e. The van der Waals surface area contributed by atoms with Gasteiger partial charge in [-0.2, -0.15) is 0 Å². The summed E-state index contributed by atoms with van der Waals surface area (Å²) in [6.45, 7) is 2.52. The lowest BCUT2D eigenvalue weighted by Crippen LogP contribution is -2.38. The number of amides is 1. The van der Waals surface area contributed by atoms with Crippen molar-refractivity contribution in [3.8, 4) is 0 Å². The van der Waals surface area contributed by atoms with Gasteiger partial charge in [0.15, 0.2) is 0 Å². The molecule has 2 aliphatic heterocycles. The number of likely N-dealkylation sites (tertiary alicyclic amines) is 1. The van der Waals surface area contributed by atoms with Gasteiger partial charge in [-0.05, 0) is 30.5 Å². The average molecular weight is 262 g/mol. The highest BCUT2D eigenvalue weighted by molar-refractivity contribution is 5.79. The lowest BCUT2D eigenvalue weighted by Gasteiger charge is -2.27. The van der Waals surface area contributed by atoms with Crippen LogP contribution >= 0.6 is 0 Å². The number of rotatable bonds is 2. The van der Waals surface area contributed by atoms with E-state index in [9.17, 15) is 9.18 Å². The Hall–Kier alpha value is -1.42. The molecule has 0 aliphatic carbocycles. The average Bonchev–Trinajstić information content (AvgIpc) is 2.61. The SMILES string of the molecule is O=C1NC2CCCC1CN(Cc1ccc(F)cc1)C2. The van der Waals surface area contributed by atoms with Crippen LogP contribution in [0.15, 0.2) is 24.3 Å². The molecule has 2 aliphatic rings. The Kier molecular flexibility index (Phi) is 3.51. The van der Waals surface area contributed by atoms with Crippen molar-refractivity contribution in [1.82, 2.24) is 10.2 Å². The Morgan fingerprint density at radius 1 is 1.21 bits per heavy atom. The van der Waals surface area contributed by atoms with E-state index < -0.39 is 0 Å². The van der Waals surface area contributed by atoms with E-state index in [0.29, 0.717) is 0 Å². The van der Waals surface area contributed by atoms with Crippen molar-refractivity contribution in [3.63, 3.8) is 0 Å². The number of hydrogen-bond acceptors (Lipinski definition) is 2. The second kappa shape index (κ2) is 5.29. The smallest absolute Gasteiger partial charge is 0.224 e. The monoisotopic (exact) mass is 262 g/mol. The van der Waals surface area contributed by atoms with Crippen LogP contribution < -0.4 is 5.32 Å². The Morgan fingerprint density at radius 2 is 2.00 bits per heavy atom. The van der Waals surface area contributed by atoms with Crippen LogP contribution in [0.2, 0.25) is 0 Å². The van der Waals surface area contributed by atoms with Crippen LogP contribution in [0.5, 0.6) is 0 Å². The molecule has 2 bridgehead atoms. The molecule has 2 atom stereocenters. The highest BCUT2D eigenvalue weighted by Crippen LogP contribution is 2.23. The fraction of sp³-hybridized carbons (Fsp3) is 0.533. The number of halogens is 1. The van der Waals surface area contributed by atoms with Crippen LogP contribution in [0, 0.1) is 11.7 Å². The molecule has 2 fully saturated rings. The number of nitrogens with one attached hydrogen (secondary N) is 1. The number of hydrogen-bond donors (Lipinski definition) is 1. The lowest BCUT2D eigenvalue weighted by molar-refractivity contribution is -0.124. The summed E-state index contributed by atoms with van der Waals surface area (Å²) in [5.74, 6) is 0.130. The zero-order valence-corrected chi connectivity index (χ0v) is 10.9. The molecule has 0 spiro atoms. The van der Waals surface area contributed by atoms with Gasteiger partial charge in [0, 0.05) is 25.7 Å². The van der Waals surface area contributed by atoms with Gasteiger partial charge in [-0.25, -0.2) is 4.39 Å². The van der Waals surface area contributed by atoms with E-state index in [-0.39, 0.29) is 23.7 Å². The molecule has 0 aromatic heterocycles.